The molecule has 2 rings (SSSR count). The smallest absolute Gasteiger partial charge is 0.244 e. The molecule has 1 unspecified atom stereocenters. The van der Waals surface area contributed by atoms with Crippen LogP contribution in [-0.4, -0.2) is 43.6 Å². The van der Waals surface area contributed by atoms with Gasteiger partial charge in [-0.3, -0.25) is 0 Å². The highest BCUT2D eigenvalue weighted by atomic mass is 32.2. The monoisotopic (exact) mass is 319 g/mol. The second kappa shape index (κ2) is 6.53. The second-order valence-corrected chi connectivity index (χ2v) is 8.13. The minimum absolute atomic E-state index is 0.000907. The van der Waals surface area contributed by atoms with E-state index in [-0.39, 0.29) is 12.7 Å². The minimum atomic E-state index is -3.51. The summed E-state index contributed by atoms with van der Waals surface area (Å²) in [6, 6.07) is 1.58. The minimum Gasteiger partial charge on any atom is -0.391 e. The van der Waals surface area contributed by atoms with Gasteiger partial charge >= 0.3 is 0 Å². The van der Waals surface area contributed by atoms with Gasteiger partial charge in [0.1, 0.15) is 0 Å². The highest BCUT2D eigenvalue weighted by Crippen LogP contribution is 2.29. The Morgan fingerprint density at radius 2 is 2.30 bits per heavy atom. The first-order chi connectivity index (χ1) is 9.48. The van der Waals surface area contributed by atoms with Crippen LogP contribution < -0.4 is 0 Å². The van der Waals surface area contributed by atoms with Crippen molar-refractivity contribution in [3.63, 3.8) is 0 Å². The lowest BCUT2D eigenvalue weighted by atomic mass is 10.2. The lowest BCUT2D eigenvalue weighted by molar-refractivity contribution is 0.0947. The molecule has 1 atom stereocenters. The van der Waals surface area contributed by atoms with Crippen LogP contribution in [0.3, 0.4) is 0 Å². The molecule has 7 heteroatoms. The van der Waals surface area contributed by atoms with Crippen LogP contribution in [0.25, 0.3) is 0 Å². The second-order valence-electron chi connectivity index (χ2n) is 4.88. The highest BCUT2D eigenvalue weighted by molar-refractivity contribution is 7.89. The summed E-state index contributed by atoms with van der Waals surface area (Å²) < 4.78 is 32.4. The molecule has 0 saturated carbocycles. The Morgan fingerprint density at radius 3 is 2.80 bits per heavy atom. The van der Waals surface area contributed by atoms with Crippen molar-refractivity contribution in [2.24, 2.45) is 0 Å². The van der Waals surface area contributed by atoms with Crippen LogP contribution in [-0.2, 0) is 21.4 Å². The molecule has 1 N–H and O–H groups in total. The number of thiophene rings is 1. The lowest BCUT2D eigenvalue weighted by Crippen LogP contribution is -2.37. The van der Waals surface area contributed by atoms with Gasteiger partial charge in [0.2, 0.25) is 10.0 Å². The maximum absolute atomic E-state index is 12.7. The van der Waals surface area contributed by atoms with Gasteiger partial charge in [0.15, 0.2) is 0 Å². The summed E-state index contributed by atoms with van der Waals surface area (Å²) in [5.41, 5.74) is 0. The number of rotatable bonds is 6. The van der Waals surface area contributed by atoms with E-state index in [0.29, 0.717) is 29.5 Å². The van der Waals surface area contributed by atoms with Gasteiger partial charge in [-0.1, -0.05) is 6.92 Å². The van der Waals surface area contributed by atoms with E-state index in [2.05, 4.69) is 0 Å². The van der Waals surface area contributed by atoms with Crippen LogP contribution in [0.1, 0.15) is 29.5 Å². The molecule has 1 aromatic rings. The van der Waals surface area contributed by atoms with Gasteiger partial charge in [0, 0.05) is 29.5 Å². The predicted octanol–water partition coefficient (Wildman–Crippen LogP) is 1.74. The normalized spacial score (nSPS) is 19.9. The van der Waals surface area contributed by atoms with Gasteiger partial charge in [0.05, 0.1) is 17.6 Å². The molecule has 0 radical (unpaired) electrons. The van der Waals surface area contributed by atoms with Gasteiger partial charge in [-0.05, 0) is 25.8 Å². The lowest BCUT2D eigenvalue weighted by Gasteiger charge is -2.23. The SMILES string of the molecule is CCN(CC1CCCO1)S(=O)(=O)c1cc(CO)sc1C. The van der Waals surface area contributed by atoms with Gasteiger partial charge < -0.3 is 9.84 Å². The van der Waals surface area contributed by atoms with Gasteiger partial charge in [-0.25, -0.2) is 8.42 Å². The van der Waals surface area contributed by atoms with Crippen LogP contribution in [0.15, 0.2) is 11.0 Å². The zero-order valence-electron chi connectivity index (χ0n) is 11.8. The number of nitrogens with zero attached hydrogens (tertiary/aromatic N) is 1. The van der Waals surface area contributed by atoms with Gasteiger partial charge in [-0.15, -0.1) is 11.3 Å². The summed E-state index contributed by atoms with van der Waals surface area (Å²) in [5.74, 6) is 0. The van der Waals surface area contributed by atoms with Crippen LogP contribution in [0, 0.1) is 6.92 Å². The van der Waals surface area contributed by atoms with E-state index in [1.807, 2.05) is 6.92 Å². The summed E-state index contributed by atoms with van der Waals surface area (Å²) in [7, 11) is -3.51. The summed E-state index contributed by atoms with van der Waals surface area (Å²) >= 11 is 1.32. The van der Waals surface area contributed by atoms with Crippen molar-refractivity contribution in [3.05, 3.63) is 15.8 Å². The van der Waals surface area contributed by atoms with Crippen LogP contribution >= 0.6 is 11.3 Å². The summed E-state index contributed by atoms with van der Waals surface area (Å²) in [6.07, 6.45) is 1.91. The number of hydrogen-bond donors (Lipinski definition) is 1. The Labute approximate surface area is 124 Å². The number of aliphatic hydroxyl groups excluding tert-OH is 1. The van der Waals surface area contributed by atoms with Crippen molar-refractivity contribution in [1.82, 2.24) is 4.31 Å². The molecule has 1 aromatic heterocycles. The maximum Gasteiger partial charge on any atom is 0.244 e. The van der Waals surface area contributed by atoms with Crippen LogP contribution in [0.5, 0.6) is 0 Å². The number of likely N-dealkylation sites (N-methyl/N-ethyl adjacent to an activating group) is 1. The Bertz CT molecular complexity index is 547. The topological polar surface area (TPSA) is 66.8 Å². The molecule has 0 aliphatic carbocycles. The van der Waals surface area contributed by atoms with Gasteiger partial charge in [0.25, 0.3) is 0 Å². The van der Waals surface area contributed by atoms with Crippen LogP contribution in [0.2, 0.25) is 0 Å². The molecule has 1 aliphatic rings. The first kappa shape index (κ1) is 15.9. The Morgan fingerprint density at radius 1 is 1.55 bits per heavy atom. The third kappa shape index (κ3) is 3.23. The quantitative estimate of drug-likeness (QED) is 0.867. The fourth-order valence-corrected chi connectivity index (χ4v) is 5.35. The summed E-state index contributed by atoms with van der Waals surface area (Å²) in [6.45, 7) is 5.03. The average Bonchev–Trinajstić information content (AvgIpc) is 3.04. The third-order valence-electron chi connectivity index (χ3n) is 3.48. The summed E-state index contributed by atoms with van der Waals surface area (Å²) in [4.78, 5) is 1.71. The van der Waals surface area contributed by atoms with Gasteiger partial charge in [-0.2, -0.15) is 4.31 Å². The van der Waals surface area contributed by atoms with E-state index in [9.17, 15) is 8.42 Å². The fraction of sp³-hybridized carbons (Fsp3) is 0.692. The molecule has 0 spiro atoms. The first-order valence-electron chi connectivity index (χ1n) is 6.81. The standard InChI is InChI=1S/C13H21NO4S2/c1-3-14(8-11-5-4-6-18-11)20(16,17)13-7-12(9-15)19-10(13)2/h7,11,15H,3-6,8-9H2,1-2H3. The Kier molecular flexibility index (Phi) is 5.19. The van der Waals surface area contributed by atoms with E-state index in [1.165, 1.54) is 15.6 Å². The maximum atomic E-state index is 12.7. The number of ether oxygens (including phenoxy) is 1. The Balaban J connectivity index is 2.23. The van der Waals surface area contributed by atoms with E-state index < -0.39 is 10.0 Å². The van der Waals surface area contributed by atoms with Crippen molar-refractivity contribution in [2.45, 2.75) is 44.3 Å². The van der Waals surface area contributed by atoms with Crippen molar-refractivity contribution in [2.75, 3.05) is 19.7 Å². The molecule has 1 fully saturated rings. The van der Waals surface area contributed by atoms with Crippen LogP contribution in [0.4, 0.5) is 0 Å². The summed E-state index contributed by atoms with van der Waals surface area (Å²) in [5, 5.41) is 9.15. The Hall–Kier alpha value is -0.470. The molecular weight excluding hydrogens is 298 g/mol. The molecule has 1 aliphatic heterocycles. The first-order valence-corrected chi connectivity index (χ1v) is 9.06. The highest BCUT2D eigenvalue weighted by Gasteiger charge is 2.30. The zero-order chi connectivity index (χ0) is 14.8. The van der Waals surface area contributed by atoms with E-state index in [0.717, 1.165) is 17.7 Å². The average molecular weight is 319 g/mol. The molecule has 114 valence electrons. The molecule has 0 bridgehead atoms. The van der Waals surface area contributed by atoms with Crippen molar-refractivity contribution >= 4 is 21.4 Å². The van der Waals surface area contributed by atoms with E-state index >= 15 is 0 Å². The molecule has 0 aromatic carbocycles. The van der Waals surface area contributed by atoms with Crippen molar-refractivity contribution in [1.29, 1.82) is 0 Å². The largest absolute Gasteiger partial charge is 0.391 e. The molecule has 5 nitrogen and oxygen atoms in total. The molecule has 0 amide bonds. The fourth-order valence-electron chi connectivity index (χ4n) is 2.41. The van der Waals surface area contributed by atoms with E-state index in [1.54, 1.807) is 13.0 Å². The molecule has 2 heterocycles. The van der Waals surface area contributed by atoms with Crippen molar-refractivity contribution < 1.29 is 18.3 Å². The number of hydrogen-bond acceptors (Lipinski definition) is 5. The molecule has 1 saturated heterocycles. The number of aliphatic hydroxyl groups is 1. The molecule has 20 heavy (non-hydrogen) atoms. The zero-order valence-corrected chi connectivity index (χ0v) is 13.5. The number of sulfonamides is 1. The predicted molar refractivity (Wildman–Crippen MR) is 78.4 cm³/mol. The number of aryl methyl sites for hydroxylation is 1. The van der Waals surface area contributed by atoms with Crippen molar-refractivity contribution in [3.8, 4) is 0 Å². The molecular formula is C13H21NO4S2. The van der Waals surface area contributed by atoms with E-state index in [4.69, 9.17) is 9.84 Å². The third-order valence-corrected chi connectivity index (χ3v) is 6.71.